The molecule has 0 aliphatic carbocycles. The highest BCUT2D eigenvalue weighted by atomic mass is 35.5. The first kappa shape index (κ1) is 20.9. The number of rotatable bonds is 11. The normalized spacial score (nSPS) is 11.8. The molecule has 4 nitrogen and oxygen atoms in total. The fraction of sp³-hybridized carbons (Fsp3) is 0.632. The number of halogens is 1. The zero-order chi connectivity index (χ0) is 18.0. The molecule has 0 unspecified atom stereocenters. The van der Waals surface area contributed by atoms with Crippen LogP contribution in [0.2, 0.25) is 5.02 Å². The third-order valence-corrected chi connectivity index (χ3v) is 4.54. The minimum atomic E-state index is -0.206. The van der Waals surface area contributed by atoms with Gasteiger partial charge >= 0.3 is 0 Å². The van der Waals surface area contributed by atoms with Crippen LogP contribution in [0, 0.1) is 0 Å². The zero-order valence-corrected chi connectivity index (χ0v) is 16.1. The van der Waals surface area contributed by atoms with Crippen molar-refractivity contribution in [2.24, 2.45) is 0 Å². The molecule has 136 valence electrons. The predicted molar refractivity (Wildman–Crippen MR) is 100 cm³/mol. The summed E-state index contributed by atoms with van der Waals surface area (Å²) in [5.74, 6) is 0.0137. The van der Waals surface area contributed by atoms with Crippen LogP contribution in [0.4, 0.5) is 0 Å². The van der Waals surface area contributed by atoms with Crippen molar-refractivity contribution in [2.75, 3.05) is 19.7 Å². The molecular weight excluding hydrogens is 324 g/mol. The van der Waals surface area contributed by atoms with E-state index in [-0.39, 0.29) is 17.6 Å². The Morgan fingerprint density at radius 2 is 1.83 bits per heavy atom. The number of nitrogens with one attached hydrogen (secondary N) is 2. The fourth-order valence-electron chi connectivity index (χ4n) is 2.71. The molecule has 0 aliphatic heterocycles. The van der Waals surface area contributed by atoms with Gasteiger partial charge in [-0.05, 0) is 50.8 Å². The van der Waals surface area contributed by atoms with Gasteiger partial charge in [0.25, 0.3) is 0 Å². The maximum absolute atomic E-state index is 12.1. The van der Waals surface area contributed by atoms with E-state index in [1.54, 1.807) is 0 Å². The van der Waals surface area contributed by atoms with E-state index < -0.39 is 0 Å². The van der Waals surface area contributed by atoms with Gasteiger partial charge in [-0.1, -0.05) is 37.6 Å². The van der Waals surface area contributed by atoms with Crippen molar-refractivity contribution in [3.63, 3.8) is 0 Å². The standard InChI is InChI=1S/C19H31ClN2O2/c1-5-19(6-2,16-8-10-17(20)11-9-16)22-14-18(23)21-12-7-13-24-15(3)4/h8-11,15,22H,5-7,12-14H2,1-4H3,(H,21,23). The molecule has 0 bridgehead atoms. The number of benzene rings is 1. The molecule has 0 aromatic heterocycles. The van der Waals surface area contributed by atoms with Gasteiger partial charge in [-0.15, -0.1) is 0 Å². The second-order valence-corrected chi connectivity index (χ2v) is 6.71. The van der Waals surface area contributed by atoms with Gasteiger partial charge < -0.3 is 10.1 Å². The molecule has 0 saturated carbocycles. The molecule has 1 amide bonds. The molecule has 0 atom stereocenters. The maximum Gasteiger partial charge on any atom is 0.233 e. The van der Waals surface area contributed by atoms with Gasteiger partial charge in [-0.2, -0.15) is 0 Å². The molecule has 0 saturated heterocycles. The Balaban J connectivity index is 2.48. The van der Waals surface area contributed by atoms with Crippen molar-refractivity contribution in [2.45, 2.75) is 58.6 Å². The molecule has 1 rings (SSSR count). The number of hydrogen-bond donors (Lipinski definition) is 2. The average molecular weight is 355 g/mol. The van der Waals surface area contributed by atoms with E-state index in [2.05, 4.69) is 24.5 Å². The summed E-state index contributed by atoms with van der Waals surface area (Å²) < 4.78 is 5.46. The maximum atomic E-state index is 12.1. The summed E-state index contributed by atoms with van der Waals surface area (Å²) in [4.78, 5) is 12.1. The van der Waals surface area contributed by atoms with Crippen LogP contribution in [0.1, 0.15) is 52.5 Å². The number of carbonyl (C=O) groups is 1. The quantitative estimate of drug-likeness (QED) is 0.593. The summed E-state index contributed by atoms with van der Waals surface area (Å²) in [5, 5.41) is 7.10. The van der Waals surface area contributed by atoms with Gasteiger partial charge in [0.15, 0.2) is 0 Å². The van der Waals surface area contributed by atoms with Crippen LogP contribution in [-0.2, 0) is 15.1 Å². The first-order chi connectivity index (χ1) is 11.4. The second kappa shape index (κ2) is 10.7. The largest absolute Gasteiger partial charge is 0.379 e. The molecule has 0 heterocycles. The summed E-state index contributed by atoms with van der Waals surface area (Å²) in [6, 6.07) is 7.86. The molecule has 0 aliphatic rings. The van der Waals surface area contributed by atoms with Gasteiger partial charge in [0.1, 0.15) is 0 Å². The van der Waals surface area contributed by atoms with Crippen LogP contribution in [-0.4, -0.2) is 31.7 Å². The van der Waals surface area contributed by atoms with Gasteiger partial charge in [0.05, 0.1) is 12.6 Å². The summed E-state index contributed by atoms with van der Waals surface area (Å²) in [6.07, 6.45) is 2.87. The van der Waals surface area contributed by atoms with Gasteiger partial charge in [-0.25, -0.2) is 0 Å². The van der Waals surface area contributed by atoms with Crippen molar-refractivity contribution in [3.05, 3.63) is 34.9 Å². The molecule has 24 heavy (non-hydrogen) atoms. The van der Waals surface area contributed by atoms with Gasteiger partial charge in [0, 0.05) is 23.7 Å². The van der Waals surface area contributed by atoms with E-state index in [9.17, 15) is 4.79 Å². The van der Waals surface area contributed by atoms with Crippen LogP contribution in [0.3, 0.4) is 0 Å². The Kier molecular flexibility index (Phi) is 9.34. The smallest absolute Gasteiger partial charge is 0.233 e. The summed E-state index contributed by atoms with van der Waals surface area (Å²) in [6.45, 7) is 9.89. The Hall–Kier alpha value is -1.10. The Morgan fingerprint density at radius 3 is 2.38 bits per heavy atom. The molecule has 0 fully saturated rings. The number of amides is 1. The van der Waals surface area contributed by atoms with Crippen LogP contribution in [0.15, 0.2) is 24.3 Å². The monoisotopic (exact) mass is 354 g/mol. The van der Waals surface area contributed by atoms with E-state index >= 15 is 0 Å². The number of hydrogen-bond acceptors (Lipinski definition) is 3. The molecule has 2 N–H and O–H groups in total. The lowest BCUT2D eigenvalue weighted by Gasteiger charge is -2.33. The second-order valence-electron chi connectivity index (χ2n) is 6.27. The first-order valence-corrected chi connectivity index (χ1v) is 9.20. The minimum absolute atomic E-state index is 0.0137. The van der Waals surface area contributed by atoms with Crippen LogP contribution in [0.25, 0.3) is 0 Å². The molecule has 5 heteroatoms. The number of ether oxygens (including phenoxy) is 1. The number of carbonyl (C=O) groups excluding carboxylic acids is 1. The van der Waals surface area contributed by atoms with E-state index in [0.29, 0.717) is 19.7 Å². The van der Waals surface area contributed by atoms with Gasteiger partial charge in [0.2, 0.25) is 5.91 Å². The zero-order valence-electron chi connectivity index (χ0n) is 15.3. The topological polar surface area (TPSA) is 50.4 Å². The first-order valence-electron chi connectivity index (χ1n) is 8.83. The van der Waals surface area contributed by atoms with Crippen LogP contribution in [0.5, 0.6) is 0 Å². The van der Waals surface area contributed by atoms with Crippen LogP contribution >= 0.6 is 11.6 Å². The third kappa shape index (κ3) is 6.80. The lowest BCUT2D eigenvalue weighted by Crippen LogP contribution is -2.46. The lowest BCUT2D eigenvalue weighted by atomic mass is 9.84. The Bertz CT molecular complexity index is 485. The molecule has 1 aromatic rings. The lowest BCUT2D eigenvalue weighted by molar-refractivity contribution is -0.120. The van der Waals surface area contributed by atoms with Crippen molar-refractivity contribution in [1.82, 2.24) is 10.6 Å². The Labute approximate surface area is 151 Å². The predicted octanol–water partition coefficient (Wildman–Crippen LogP) is 3.88. The summed E-state index contributed by atoms with van der Waals surface area (Å²) >= 11 is 5.98. The van der Waals surface area contributed by atoms with Gasteiger partial charge in [-0.3, -0.25) is 10.1 Å². The molecule has 0 radical (unpaired) electrons. The summed E-state index contributed by atoms with van der Waals surface area (Å²) in [7, 11) is 0. The van der Waals surface area contributed by atoms with Crippen molar-refractivity contribution in [1.29, 1.82) is 0 Å². The molecule has 1 aromatic carbocycles. The van der Waals surface area contributed by atoms with Crippen molar-refractivity contribution >= 4 is 17.5 Å². The third-order valence-electron chi connectivity index (χ3n) is 4.29. The highest BCUT2D eigenvalue weighted by Gasteiger charge is 2.28. The van der Waals surface area contributed by atoms with E-state index in [1.165, 1.54) is 0 Å². The SMILES string of the molecule is CCC(CC)(NCC(=O)NCCCOC(C)C)c1ccc(Cl)cc1. The fourth-order valence-corrected chi connectivity index (χ4v) is 2.84. The van der Waals surface area contributed by atoms with Crippen molar-refractivity contribution in [3.8, 4) is 0 Å². The van der Waals surface area contributed by atoms with E-state index in [1.807, 2.05) is 38.1 Å². The molecular formula is C19H31ClN2O2. The van der Waals surface area contributed by atoms with Crippen LogP contribution < -0.4 is 10.6 Å². The average Bonchev–Trinajstić information content (AvgIpc) is 2.57. The molecule has 0 spiro atoms. The highest BCUT2D eigenvalue weighted by molar-refractivity contribution is 6.30. The van der Waals surface area contributed by atoms with E-state index in [4.69, 9.17) is 16.3 Å². The Morgan fingerprint density at radius 1 is 1.21 bits per heavy atom. The van der Waals surface area contributed by atoms with E-state index in [0.717, 1.165) is 29.8 Å². The summed E-state index contributed by atoms with van der Waals surface area (Å²) in [5.41, 5.74) is 0.956. The minimum Gasteiger partial charge on any atom is -0.379 e. The van der Waals surface area contributed by atoms with Crippen molar-refractivity contribution < 1.29 is 9.53 Å². The highest BCUT2D eigenvalue weighted by Crippen LogP contribution is 2.29.